The number of hydrogen-bond donors (Lipinski definition) is 4. The molecule has 2 amide bonds. The van der Waals surface area contributed by atoms with Crippen LogP contribution in [0.3, 0.4) is 0 Å². The second-order valence-electron chi connectivity index (χ2n) is 31.7. The van der Waals surface area contributed by atoms with Gasteiger partial charge in [-0.05, 0) is 146 Å². The molecule has 6 fully saturated rings. The Morgan fingerprint density at radius 3 is 2.05 bits per heavy atom. The normalized spacial score (nSPS) is 33.9. The molecule has 11 rings (SSSR count). The van der Waals surface area contributed by atoms with E-state index < -0.39 is 150 Å². The second-order valence-corrected chi connectivity index (χ2v) is 31.7. The van der Waals surface area contributed by atoms with Crippen LogP contribution in [0.25, 0.3) is 0 Å². The van der Waals surface area contributed by atoms with Gasteiger partial charge in [0.05, 0.1) is 36.0 Å². The highest BCUT2D eigenvalue weighted by Gasteiger charge is 2.78. The molecular weight excluding hydrogens is 1280 g/mol. The molecule has 20 heteroatoms. The van der Waals surface area contributed by atoms with E-state index in [4.69, 9.17) is 33.2 Å². The molecule has 0 aromatic heterocycles. The Morgan fingerprint density at radius 1 is 0.740 bits per heavy atom. The Labute approximate surface area is 587 Å². The van der Waals surface area contributed by atoms with E-state index in [9.17, 15) is 43.8 Å². The van der Waals surface area contributed by atoms with Gasteiger partial charge in [0.2, 0.25) is 12.0 Å². The Balaban J connectivity index is 0.830. The lowest BCUT2D eigenvalue weighted by Crippen LogP contribution is -2.82. The fourth-order valence-corrected chi connectivity index (χ4v) is 19.9. The minimum atomic E-state index is -2.53. The largest absolute Gasteiger partial charge is 0.461 e. The van der Waals surface area contributed by atoms with Crippen molar-refractivity contribution in [3.8, 4) is 0 Å². The molecule has 5 saturated carbocycles. The van der Waals surface area contributed by atoms with Crippen LogP contribution in [0.15, 0.2) is 114 Å². The minimum absolute atomic E-state index is 0.0217. The first-order valence-corrected chi connectivity index (χ1v) is 36.2. The van der Waals surface area contributed by atoms with Gasteiger partial charge in [-0.1, -0.05) is 146 Å². The van der Waals surface area contributed by atoms with Crippen LogP contribution in [0.5, 0.6) is 0 Å². The maximum absolute atomic E-state index is 16.0. The van der Waals surface area contributed by atoms with Gasteiger partial charge in [0, 0.05) is 50.5 Å². The summed E-state index contributed by atoms with van der Waals surface area (Å²) in [6.45, 7) is 19.5. The molecule has 3 aromatic carbocycles. The summed E-state index contributed by atoms with van der Waals surface area (Å²) < 4.78 is 43.3. The average Bonchev–Trinajstić information content (AvgIpc) is 0.738. The molecule has 1 saturated heterocycles. The number of amides is 2. The molecule has 1 aliphatic heterocycles. The molecule has 20 nitrogen and oxygen atoms in total. The number of nitrogens with one attached hydrogen (secondary N) is 2. The Kier molecular flexibility index (Phi) is 21.4. The van der Waals surface area contributed by atoms with Gasteiger partial charge in [0.25, 0.3) is 5.91 Å². The summed E-state index contributed by atoms with van der Waals surface area (Å²) in [5.41, 5.74) is -6.10. The van der Waals surface area contributed by atoms with Crippen molar-refractivity contribution in [2.24, 2.45) is 63.1 Å². The third-order valence-corrected chi connectivity index (χ3v) is 25.3. The van der Waals surface area contributed by atoms with Gasteiger partial charge in [-0.25, -0.2) is 9.59 Å². The summed E-state index contributed by atoms with van der Waals surface area (Å²) in [5, 5.41) is 32.0. The van der Waals surface area contributed by atoms with Crippen LogP contribution >= 0.6 is 0 Å². The van der Waals surface area contributed by atoms with Crippen LogP contribution in [-0.4, -0.2) is 131 Å². The van der Waals surface area contributed by atoms with Crippen molar-refractivity contribution in [3.05, 3.63) is 130 Å². The van der Waals surface area contributed by atoms with E-state index in [0.717, 1.165) is 44.4 Å². The summed E-state index contributed by atoms with van der Waals surface area (Å²) in [4.78, 5) is 129. The molecule has 0 radical (unpaired) electrons. The van der Waals surface area contributed by atoms with Gasteiger partial charge in [-0.15, -0.1) is 0 Å². The highest BCUT2D eigenvalue weighted by atomic mass is 16.6. The smallest absolute Gasteiger partial charge is 0.350 e. The number of ketones is 1. The lowest BCUT2D eigenvalue weighted by atomic mass is 9.44. The van der Waals surface area contributed by atoms with Gasteiger partial charge in [0.15, 0.2) is 17.5 Å². The van der Waals surface area contributed by atoms with Crippen LogP contribution in [0.2, 0.25) is 0 Å². The summed E-state index contributed by atoms with van der Waals surface area (Å²) in [5.74, 6) is -5.54. The first-order chi connectivity index (χ1) is 47.4. The van der Waals surface area contributed by atoms with E-state index in [-0.39, 0.29) is 52.4 Å². The van der Waals surface area contributed by atoms with Crippen molar-refractivity contribution >= 4 is 53.4 Å². The predicted octanol–water partition coefficient (Wildman–Crippen LogP) is 11.1. The highest BCUT2D eigenvalue weighted by molar-refractivity contribution is 5.97. The average molecular weight is 1380 g/mol. The maximum atomic E-state index is 16.0. The number of fused-ring (bicyclic) bond motifs is 10. The molecule has 3 aromatic rings. The standard InChI is InChI=1S/C80H102N2O18/c1-45(2)22-21-23-46(3)56-32-33-57-55-31-30-53-40-54(36-38-76(53,9)58(55)37-39-77(56,57)10)96-64(88)43-81-62(86)34-35-63(87)98-68(66(50-24-15-12-16-25-50)82-72(90)51-26-17-13-18-27-51)74(92)97-59-42-80(93)71(99-73(91)52-28-19-14-20-29-52)69-78(11,60(85)41-61-79(69,44-94-61)100-49(6)84)70(89)67(95-48(5)83)65(47(59)4)75(80,7)8/h12-20,24-30,45-46,54-61,66-69,71,85,93H,21-23,31-44H2,1-11H3,(H,81,86)(H,82,90)/t46-,54+,55?,56-,57?,58?,59+,60+,61-,66+,67-,68-,69+,71+,76+,77-,78-,79+,80-/m1/s1. The topological polar surface area (TPSA) is 283 Å². The van der Waals surface area contributed by atoms with Crippen LogP contribution in [0.1, 0.15) is 205 Å². The highest BCUT2D eigenvalue weighted by Crippen LogP contribution is 2.68. The van der Waals surface area contributed by atoms with E-state index in [1.54, 1.807) is 66.7 Å². The van der Waals surface area contributed by atoms with Gasteiger partial charge >= 0.3 is 35.8 Å². The van der Waals surface area contributed by atoms with E-state index >= 15 is 9.59 Å². The van der Waals surface area contributed by atoms with Crippen molar-refractivity contribution in [1.82, 2.24) is 10.6 Å². The van der Waals surface area contributed by atoms with Crippen LogP contribution in [0.4, 0.5) is 0 Å². The number of aliphatic hydroxyl groups is 2. The molecule has 8 aliphatic rings. The molecule has 540 valence electrons. The number of rotatable bonds is 22. The predicted molar refractivity (Wildman–Crippen MR) is 367 cm³/mol. The lowest BCUT2D eigenvalue weighted by Gasteiger charge is -2.67. The molecule has 4 N–H and O–H groups in total. The van der Waals surface area contributed by atoms with Crippen molar-refractivity contribution in [2.75, 3.05) is 13.2 Å². The summed E-state index contributed by atoms with van der Waals surface area (Å²) in [6, 6.07) is 22.4. The molecule has 0 spiro atoms. The Morgan fingerprint density at radius 2 is 1.41 bits per heavy atom. The first kappa shape index (κ1) is 73.7. The molecular formula is C80H102N2O18. The second kappa shape index (κ2) is 29.1. The number of benzene rings is 3. The fraction of sp³-hybridized carbons (Fsp3) is 0.613. The Hall–Kier alpha value is -7.55. The van der Waals surface area contributed by atoms with Crippen LogP contribution in [-0.2, 0) is 66.7 Å². The molecule has 7 aliphatic carbocycles. The quantitative estimate of drug-likeness (QED) is 0.0413. The molecule has 19 atom stereocenters. The summed E-state index contributed by atoms with van der Waals surface area (Å²) in [6.07, 6.45) is 1.98. The zero-order valence-electron chi connectivity index (χ0n) is 59.8. The van der Waals surface area contributed by atoms with Gasteiger partial charge in [-0.3, -0.25) is 33.6 Å². The van der Waals surface area contributed by atoms with E-state index in [1.165, 1.54) is 102 Å². The third-order valence-electron chi connectivity index (χ3n) is 25.3. The number of Topliss-reactive ketones (excluding diaryl/α,β-unsaturated/α-hetero) is 1. The van der Waals surface area contributed by atoms with Gasteiger partial charge < -0.3 is 54.0 Å². The number of hydrogen-bond acceptors (Lipinski definition) is 18. The zero-order valence-corrected chi connectivity index (χ0v) is 59.8. The Bertz CT molecular complexity index is 3660. The van der Waals surface area contributed by atoms with Gasteiger partial charge in [0.1, 0.15) is 42.6 Å². The first-order valence-electron chi connectivity index (χ1n) is 36.2. The molecule has 3 unspecified atom stereocenters. The van der Waals surface area contributed by atoms with Crippen molar-refractivity contribution < 1.29 is 86.5 Å². The number of carbonyl (C=O) groups is 9. The van der Waals surface area contributed by atoms with E-state index in [0.29, 0.717) is 36.0 Å². The monoisotopic (exact) mass is 1380 g/mol. The number of esters is 6. The number of allylic oxidation sites excluding steroid dienone is 1. The lowest BCUT2D eigenvalue weighted by molar-refractivity contribution is -0.346. The van der Waals surface area contributed by atoms with Crippen LogP contribution < -0.4 is 10.6 Å². The fourth-order valence-electron chi connectivity index (χ4n) is 19.9. The van der Waals surface area contributed by atoms with Crippen molar-refractivity contribution in [3.63, 3.8) is 0 Å². The number of carbonyl (C=O) groups excluding carboxylic acids is 9. The van der Waals surface area contributed by atoms with E-state index in [2.05, 4.69) is 51.3 Å². The van der Waals surface area contributed by atoms with Crippen molar-refractivity contribution in [1.29, 1.82) is 0 Å². The minimum Gasteiger partial charge on any atom is -0.461 e. The molecule has 100 heavy (non-hydrogen) atoms. The number of aliphatic hydroxyl groups excluding tert-OH is 1. The van der Waals surface area contributed by atoms with Gasteiger partial charge in [-0.2, -0.15) is 0 Å². The van der Waals surface area contributed by atoms with Crippen molar-refractivity contribution in [2.45, 2.75) is 232 Å². The molecule has 2 bridgehead atoms. The zero-order chi connectivity index (χ0) is 72.0. The number of ether oxygens (including phenoxy) is 7. The third kappa shape index (κ3) is 13.7. The SMILES string of the molecule is CC(=O)O[C@H]1C(=O)[C@@]2(C)[C@H]([C@H](OC(=O)c3ccccc3)[C@]3(O)C[C@H](OC(=O)[C@H](OC(=O)CCC(=O)NCC(=O)O[C@H]4CC[C@@]5(C)C(=CCC6C5CC[C@@]5(C)C6CC[C@@H]5[C@H](C)CCCC(C)C)C4)[C@@H](NC(=O)c4ccccc4)c4ccccc4)C(C)=C1C3(C)C)[C@]1(OC(C)=O)CO[C@@H]1C[C@@H]2O. The summed E-state index contributed by atoms with van der Waals surface area (Å²) in [7, 11) is 0. The summed E-state index contributed by atoms with van der Waals surface area (Å²) >= 11 is 0. The van der Waals surface area contributed by atoms with E-state index in [1.807, 2.05) is 0 Å². The van der Waals surface area contributed by atoms with Crippen LogP contribution in [0, 0.1) is 63.1 Å². The molecule has 1 heterocycles. The maximum Gasteiger partial charge on any atom is 0.350 e.